The maximum Gasteiger partial charge on any atom is 0.416 e. The molecule has 0 saturated carbocycles. The van der Waals surface area contributed by atoms with Crippen molar-refractivity contribution in [2.24, 2.45) is 10.7 Å². The lowest BCUT2D eigenvalue weighted by atomic mass is 10.0. The van der Waals surface area contributed by atoms with E-state index in [4.69, 9.17) is 15.9 Å². The van der Waals surface area contributed by atoms with Gasteiger partial charge in [-0.05, 0) is 23.8 Å². The first-order chi connectivity index (χ1) is 15.3. The Morgan fingerprint density at radius 3 is 2.38 bits per heavy atom. The molecule has 2 aromatic rings. The fourth-order valence-corrected chi connectivity index (χ4v) is 2.72. The van der Waals surface area contributed by atoms with Crippen molar-refractivity contribution in [1.82, 2.24) is 9.97 Å². The zero-order chi connectivity index (χ0) is 23.7. The van der Waals surface area contributed by atoms with Crippen molar-refractivity contribution in [3.8, 4) is 0 Å². The summed E-state index contributed by atoms with van der Waals surface area (Å²) < 4.78 is 57.5. The van der Waals surface area contributed by atoms with E-state index < -0.39 is 17.6 Å². The number of anilines is 1. The van der Waals surface area contributed by atoms with Crippen LogP contribution in [0.1, 0.15) is 25.0 Å². The van der Waals surface area contributed by atoms with E-state index in [-0.39, 0.29) is 23.2 Å². The van der Waals surface area contributed by atoms with Gasteiger partial charge in [0, 0.05) is 24.9 Å². The van der Waals surface area contributed by atoms with E-state index in [1.165, 1.54) is 18.2 Å². The number of nitrogens with one attached hydrogen (secondary N) is 1. The SMILES string of the molecule is CC.N=C/C(=C\C(N)=Nc1nc(N2CCOCC2)ncc1F)c1ccc(C(F)(F)F)cc1. The molecule has 3 N–H and O–H groups in total. The summed E-state index contributed by atoms with van der Waals surface area (Å²) in [5.74, 6) is -0.949. The summed E-state index contributed by atoms with van der Waals surface area (Å²) in [6.45, 7) is 6.10. The molecular weight excluding hydrogens is 428 g/mol. The van der Waals surface area contributed by atoms with Crippen LogP contribution in [-0.2, 0) is 10.9 Å². The first-order valence-electron chi connectivity index (χ1n) is 9.87. The molecule has 2 heterocycles. The number of alkyl halides is 3. The predicted molar refractivity (Wildman–Crippen MR) is 116 cm³/mol. The lowest BCUT2D eigenvalue weighted by Gasteiger charge is -2.26. The number of hydrogen-bond acceptors (Lipinski definition) is 6. The molecule has 1 aromatic heterocycles. The van der Waals surface area contributed by atoms with E-state index in [9.17, 15) is 17.6 Å². The lowest BCUT2D eigenvalue weighted by Crippen LogP contribution is -2.37. The van der Waals surface area contributed by atoms with Crippen molar-refractivity contribution in [2.45, 2.75) is 20.0 Å². The number of benzene rings is 1. The summed E-state index contributed by atoms with van der Waals surface area (Å²) in [5.41, 5.74) is 5.57. The second kappa shape index (κ2) is 11.3. The van der Waals surface area contributed by atoms with Crippen molar-refractivity contribution in [1.29, 1.82) is 5.41 Å². The van der Waals surface area contributed by atoms with Gasteiger partial charge >= 0.3 is 6.18 Å². The number of nitrogens with two attached hydrogens (primary N) is 1. The Hall–Kier alpha value is -3.34. The summed E-state index contributed by atoms with van der Waals surface area (Å²) >= 11 is 0. The van der Waals surface area contributed by atoms with Crippen molar-refractivity contribution in [2.75, 3.05) is 31.2 Å². The van der Waals surface area contributed by atoms with Crippen LogP contribution in [0, 0.1) is 11.2 Å². The van der Waals surface area contributed by atoms with Gasteiger partial charge in [-0.3, -0.25) is 0 Å². The van der Waals surface area contributed by atoms with E-state index in [2.05, 4.69) is 15.0 Å². The number of rotatable bonds is 5. The van der Waals surface area contributed by atoms with Gasteiger partial charge in [0.15, 0.2) is 11.6 Å². The van der Waals surface area contributed by atoms with Gasteiger partial charge in [-0.2, -0.15) is 18.2 Å². The van der Waals surface area contributed by atoms with Crippen molar-refractivity contribution < 1.29 is 22.3 Å². The zero-order valence-electron chi connectivity index (χ0n) is 17.7. The van der Waals surface area contributed by atoms with E-state index in [1.807, 2.05) is 18.7 Å². The number of aromatic nitrogens is 2. The Balaban J connectivity index is 0.00000176. The molecule has 0 radical (unpaired) electrons. The monoisotopic (exact) mass is 452 g/mol. The Labute approximate surface area is 183 Å². The third-order valence-electron chi connectivity index (χ3n) is 4.25. The molecule has 1 aromatic carbocycles. The Morgan fingerprint density at radius 1 is 1.19 bits per heavy atom. The van der Waals surface area contributed by atoms with Gasteiger partial charge in [0.1, 0.15) is 5.84 Å². The normalized spacial score (nSPS) is 15.1. The van der Waals surface area contributed by atoms with Crippen LogP contribution >= 0.6 is 0 Å². The number of halogens is 4. The maximum atomic E-state index is 14.1. The standard InChI is InChI=1S/C19H18F4N6O.C2H6/c20-15-11-26-18(29-5-7-30-8-6-29)28-17(15)27-16(25)9-13(10-24)12-1-3-14(4-2-12)19(21,22)23;1-2/h1-4,9-11,24H,5-8H2,(H2,25,26,27,28);1-2H3/b13-9+,24-10?;. The molecule has 0 unspecified atom stereocenters. The Bertz CT molecular complexity index is 967. The minimum Gasteiger partial charge on any atom is -0.384 e. The largest absolute Gasteiger partial charge is 0.416 e. The molecule has 0 aliphatic carbocycles. The van der Waals surface area contributed by atoms with Crippen molar-refractivity contribution >= 4 is 29.4 Å². The number of hydrogen-bond donors (Lipinski definition) is 2. The van der Waals surface area contributed by atoms with Gasteiger partial charge in [-0.1, -0.05) is 26.0 Å². The molecule has 7 nitrogen and oxygen atoms in total. The number of amidine groups is 1. The summed E-state index contributed by atoms with van der Waals surface area (Å²) in [6.07, 6.45) is -1.30. The van der Waals surface area contributed by atoms with Gasteiger partial charge in [0.05, 0.1) is 25.0 Å². The van der Waals surface area contributed by atoms with Crippen molar-refractivity contribution in [3.05, 3.63) is 53.5 Å². The molecule has 32 heavy (non-hydrogen) atoms. The van der Waals surface area contributed by atoms with Crippen LogP contribution in [0.3, 0.4) is 0 Å². The van der Waals surface area contributed by atoms with Gasteiger partial charge in [-0.25, -0.2) is 14.4 Å². The van der Waals surface area contributed by atoms with Crippen LogP contribution in [0.5, 0.6) is 0 Å². The fraction of sp³-hybridized carbons (Fsp3) is 0.333. The highest BCUT2D eigenvalue weighted by molar-refractivity contribution is 6.15. The van der Waals surface area contributed by atoms with Crippen LogP contribution in [0.15, 0.2) is 41.5 Å². The minimum absolute atomic E-state index is 0.168. The molecule has 1 saturated heterocycles. The Kier molecular flexibility index (Phi) is 8.82. The fourth-order valence-electron chi connectivity index (χ4n) is 2.72. The highest BCUT2D eigenvalue weighted by Crippen LogP contribution is 2.30. The first-order valence-corrected chi connectivity index (χ1v) is 9.87. The van der Waals surface area contributed by atoms with Crippen LogP contribution in [0.2, 0.25) is 0 Å². The highest BCUT2D eigenvalue weighted by Gasteiger charge is 2.30. The molecular formula is C21H24F4N6O. The average molecular weight is 452 g/mol. The summed E-state index contributed by atoms with van der Waals surface area (Å²) in [5, 5.41) is 7.51. The minimum atomic E-state index is -4.46. The summed E-state index contributed by atoms with van der Waals surface area (Å²) in [7, 11) is 0. The summed E-state index contributed by atoms with van der Waals surface area (Å²) in [4.78, 5) is 13.8. The Morgan fingerprint density at radius 2 is 1.81 bits per heavy atom. The van der Waals surface area contributed by atoms with Crippen LogP contribution in [0.4, 0.5) is 29.3 Å². The van der Waals surface area contributed by atoms with Gasteiger partial charge < -0.3 is 20.8 Å². The van der Waals surface area contributed by atoms with Gasteiger partial charge in [-0.15, -0.1) is 0 Å². The van der Waals surface area contributed by atoms with Crippen LogP contribution < -0.4 is 10.6 Å². The summed E-state index contributed by atoms with van der Waals surface area (Å²) in [6, 6.07) is 4.24. The molecule has 0 bridgehead atoms. The third kappa shape index (κ3) is 6.58. The van der Waals surface area contributed by atoms with E-state index in [0.29, 0.717) is 31.9 Å². The number of allylic oxidation sites excluding steroid dienone is 1. The number of morpholine rings is 1. The molecule has 0 atom stereocenters. The third-order valence-corrected chi connectivity index (χ3v) is 4.25. The average Bonchev–Trinajstić information content (AvgIpc) is 2.80. The lowest BCUT2D eigenvalue weighted by molar-refractivity contribution is -0.137. The van der Waals surface area contributed by atoms with E-state index >= 15 is 0 Å². The molecule has 172 valence electrons. The molecule has 1 aliphatic heterocycles. The van der Waals surface area contributed by atoms with Crippen LogP contribution in [-0.4, -0.2) is 48.3 Å². The topological polar surface area (TPSA) is 100 Å². The van der Waals surface area contributed by atoms with Gasteiger partial charge in [0.25, 0.3) is 0 Å². The van der Waals surface area contributed by atoms with Crippen LogP contribution in [0.25, 0.3) is 5.57 Å². The first kappa shape index (κ1) is 24.9. The zero-order valence-corrected chi connectivity index (χ0v) is 17.7. The highest BCUT2D eigenvalue weighted by atomic mass is 19.4. The smallest absolute Gasteiger partial charge is 0.384 e. The number of ether oxygens (including phenoxy) is 1. The number of aliphatic imine (C=N–C) groups is 1. The van der Waals surface area contributed by atoms with E-state index in [1.54, 1.807) is 0 Å². The second-order valence-corrected chi connectivity index (χ2v) is 6.30. The molecule has 0 spiro atoms. The number of nitrogens with zero attached hydrogens (tertiary/aromatic N) is 4. The quantitative estimate of drug-likeness (QED) is 0.402. The van der Waals surface area contributed by atoms with Crippen molar-refractivity contribution in [3.63, 3.8) is 0 Å². The molecule has 11 heteroatoms. The van der Waals surface area contributed by atoms with Gasteiger partial charge in [0.2, 0.25) is 5.95 Å². The molecule has 1 fully saturated rings. The maximum absolute atomic E-state index is 14.1. The molecule has 1 aliphatic rings. The second-order valence-electron chi connectivity index (χ2n) is 6.30. The molecule has 0 amide bonds. The molecule has 3 rings (SSSR count). The van der Waals surface area contributed by atoms with E-state index in [0.717, 1.165) is 24.5 Å². The predicted octanol–water partition coefficient (Wildman–Crippen LogP) is 4.22.